The van der Waals surface area contributed by atoms with Gasteiger partial charge in [0.25, 0.3) is 10.0 Å². The summed E-state index contributed by atoms with van der Waals surface area (Å²) in [4.78, 5) is 7.29. The maximum absolute atomic E-state index is 12.1. The molecule has 102 valence electrons. The van der Waals surface area contributed by atoms with E-state index < -0.39 is 10.0 Å². The number of rotatable bonds is 3. The molecule has 0 radical (unpaired) electrons. The summed E-state index contributed by atoms with van der Waals surface area (Å²) in [6, 6.07) is 7.14. The average molecular weight is 310 g/mol. The smallest absolute Gasteiger partial charge is 0.266 e. The third-order valence-electron chi connectivity index (χ3n) is 2.28. The van der Waals surface area contributed by atoms with E-state index in [9.17, 15) is 8.42 Å². The Morgan fingerprint density at radius 3 is 2.70 bits per heavy atom. The summed E-state index contributed by atoms with van der Waals surface area (Å²) in [5.74, 6) is -0.166. The van der Waals surface area contributed by atoms with Gasteiger partial charge in [-0.2, -0.15) is 5.26 Å². The number of nitriles is 1. The van der Waals surface area contributed by atoms with Gasteiger partial charge in [-0.3, -0.25) is 0 Å². The van der Waals surface area contributed by atoms with Crippen LogP contribution in [0.4, 0.5) is 11.6 Å². The van der Waals surface area contributed by atoms with Gasteiger partial charge in [-0.1, -0.05) is 11.6 Å². The van der Waals surface area contributed by atoms with Gasteiger partial charge in [0.1, 0.15) is 10.0 Å². The molecule has 1 aromatic heterocycles. The first-order chi connectivity index (χ1) is 9.42. The first-order valence-corrected chi connectivity index (χ1v) is 7.09. The zero-order valence-corrected chi connectivity index (χ0v) is 11.5. The predicted molar refractivity (Wildman–Crippen MR) is 73.4 cm³/mol. The Balaban J connectivity index is 2.39. The van der Waals surface area contributed by atoms with Crippen molar-refractivity contribution >= 4 is 33.3 Å². The fourth-order valence-corrected chi connectivity index (χ4v) is 2.63. The van der Waals surface area contributed by atoms with Crippen LogP contribution in [0.1, 0.15) is 5.56 Å². The molecule has 0 saturated carbocycles. The SMILES string of the molecule is N#Cc1ccc(S(=O)(=O)Nc2nccc(Cl)n2)c(N)c1. The van der Waals surface area contributed by atoms with Crippen LogP contribution in [0, 0.1) is 11.3 Å². The Morgan fingerprint density at radius 2 is 2.10 bits per heavy atom. The van der Waals surface area contributed by atoms with E-state index in [1.807, 2.05) is 6.07 Å². The van der Waals surface area contributed by atoms with Crippen LogP contribution >= 0.6 is 11.6 Å². The summed E-state index contributed by atoms with van der Waals surface area (Å²) in [6.45, 7) is 0. The second-order valence-electron chi connectivity index (χ2n) is 3.67. The molecule has 2 aromatic rings. The van der Waals surface area contributed by atoms with E-state index in [1.165, 1.54) is 30.5 Å². The minimum absolute atomic E-state index is 0.0430. The zero-order chi connectivity index (χ0) is 14.8. The van der Waals surface area contributed by atoms with Crippen LogP contribution < -0.4 is 10.5 Å². The Labute approximate surface area is 120 Å². The molecule has 7 nitrogen and oxygen atoms in total. The van der Waals surface area contributed by atoms with E-state index in [1.54, 1.807) is 0 Å². The number of benzene rings is 1. The largest absolute Gasteiger partial charge is 0.398 e. The molecule has 9 heteroatoms. The standard InChI is InChI=1S/C11H8ClN5O2S/c12-10-3-4-15-11(16-10)17-20(18,19)9-2-1-7(6-13)5-8(9)14/h1-5H,14H2,(H,15,16,17). The number of nitrogen functional groups attached to an aromatic ring is 1. The minimum atomic E-state index is -3.95. The molecule has 20 heavy (non-hydrogen) atoms. The Bertz CT molecular complexity index is 801. The van der Waals surface area contributed by atoms with Crippen LogP contribution in [0.3, 0.4) is 0 Å². The second-order valence-corrected chi connectivity index (χ2v) is 5.71. The van der Waals surface area contributed by atoms with Gasteiger partial charge < -0.3 is 5.73 Å². The van der Waals surface area contributed by atoms with Crippen molar-refractivity contribution in [3.63, 3.8) is 0 Å². The van der Waals surface area contributed by atoms with Gasteiger partial charge in [-0.05, 0) is 24.3 Å². The van der Waals surface area contributed by atoms with Crippen molar-refractivity contribution in [3.8, 4) is 6.07 Å². The summed E-state index contributed by atoms with van der Waals surface area (Å²) in [5, 5.41) is 8.82. The fraction of sp³-hybridized carbons (Fsp3) is 0. The highest BCUT2D eigenvalue weighted by Crippen LogP contribution is 2.21. The lowest BCUT2D eigenvalue weighted by atomic mass is 10.2. The first kappa shape index (κ1) is 14.0. The maximum Gasteiger partial charge on any atom is 0.266 e. The highest BCUT2D eigenvalue weighted by atomic mass is 35.5. The minimum Gasteiger partial charge on any atom is -0.398 e. The summed E-state index contributed by atoms with van der Waals surface area (Å²) >= 11 is 5.64. The van der Waals surface area contributed by atoms with Gasteiger partial charge in [0.05, 0.1) is 17.3 Å². The molecule has 0 saturated heterocycles. The summed E-state index contributed by atoms with van der Waals surface area (Å²) < 4.78 is 26.4. The highest BCUT2D eigenvalue weighted by Gasteiger charge is 2.19. The molecule has 2 rings (SSSR count). The monoisotopic (exact) mass is 309 g/mol. The van der Waals surface area contributed by atoms with Crippen molar-refractivity contribution in [2.75, 3.05) is 10.5 Å². The van der Waals surface area contributed by atoms with Gasteiger partial charge >= 0.3 is 0 Å². The van der Waals surface area contributed by atoms with E-state index in [0.717, 1.165) is 0 Å². The molecular formula is C11H8ClN5O2S. The van der Waals surface area contributed by atoms with Gasteiger partial charge in [0.2, 0.25) is 5.95 Å². The number of hydrogen-bond donors (Lipinski definition) is 2. The first-order valence-electron chi connectivity index (χ1n) is 5.23. The third kappa shape index (κ3) is 2.96. The molecular weight excluding hydrogens is 302 g/mol. The summed E-state index contributed by atoms with van der Waals surface area (Å²) in [5.41, 5.74) is 5.85. The Morgan fingerprint density at radius 1 is 1.35 bits per heavy atom. The number of sulfonamides is 1. The van der Waals surface area contributed by atoms with Crippen molar-refractivity contribution in [3.05, 3.63) is 41.2 Å². The fourth-order valence-electron chi connectivity index (χ4n) is 1.42. The second kappa shape index (κ2) is 5.32. The number of aromatic nitrogens is 2. The highest BCUT2D eigenvalue weighted by molar-refractivity contribution is 7.92. The van der Waals surface area contributed by atoms with E-state index in [-0.39, 0.29) is 27.2 Å². The summed E-state index contributed by atoms with van der Waals surface area (Å²) in [6.07, 6.45) is 1.31. The number of hydrogen-bond acceptors (Lipinski definition) is 6. The zero-order valence-electron chi connectivity index (χ0n) is 9.91. The molecule has 1 heterocycles. The van der Waals surface area contributed by atoms with Crippen LogP contribution in [0.25, 0.3) is 0 Å². The molecule has 0 aliphatic carbocycles. The van der Waals surface area contributed by atoms with Crippen LogP contribution in [0.15, 0.2) is 35.4 Å². The van der Waals surface area contributed by atoms with E-state index in [0.29, 0.717) is 0 Å². The molecule has 0 unspecified atom stereocenters. The normalized spacial score (nSPS) is 10.8. The van der Waals surface area contributed by atoms with Crippen molar-refractivity contribution in [2.45, 2.75) is 4.90 Å². The van der Waals surface area contributed by atoms with Gasteiger partial charge in [-0.15, -0.1) is 0 Å². The lowest BCUT2D eigenvalue weighted by Crippen LogP contribution is -2.16. The van der Waals surface area contributed by atoms with Crippen molar-refractivity contribution in [1.29, 1.82) is 5.26 Å². The molecule has 0 spiro atoms. The summed E-state index contributed by atoms with van der Waals surface area (Å²) in [7, 11) is -3.95. The van der Waals surface area contributed by atoms with E-state index >= 15 is 0 Å². The van der Waals surface area contributed by atoms with Crippen LogP contribution in [-0.2, 0) is 10.0 Å². The molecule has 0 atom stereocenters. The molecule has 0 amide bonds. The lowest BCUT2D eigenvalue weighted by molar-refractivity contribution is 0.601. The van der Waals surface area contributed by atoms with Crippen LogP contribution in [-0.4, -0.2) is 18.4 Å². The van der Waals surface area contributed by atoms with Crippen molar-refractivity contribution < 1.29 is 8.42 Å². The van der Waals surface area contributed by atoms with E-state index in [4.69, 9.17) is 22.6 Å². The van der Waals surface area contributed by atoms with Gasteiger partial charge in [0, 0.05) is 6.20 Å². The van der Waals surface area contributed by atoms with Crippen LogP contribution in [0.2, 0.25) is 5.15 Å². The molecule has 1 aromatic carbocycles. The topological polar surface area (TPSA) is 122 Å². The van der Waals surface area contributed by atoms with E-state index in [2.05, 4.69) is 14.7 Å². The number of nitrogens with two attached hydrogens (primary N) is 1. The lowest BCUT2D eigenvalue weighted by Gasteiger charge is -2.09. The maximum atomic E-state index is 12.1. The molecule has 0 fully saturated rings. The number of nitrogens with one attached hydrogen (secondary N) is 1. The number of halogens is 1. The van der Waals surface area contributed by atoms with Gasteiger partial charge in [0.15, 0.2) is 0 Å². The Hall–Kier alpha value is -2.37. The number of anilines is 2. The average Bonchev–Trinajstić information content (AvgIpc) is 2.37. The van der Waals surface area contributed by atoms with Crippen molar-refractivity contribution in [2.24, 2.45) is 0 Å². The van der Waals surface area contributed by atoms with Crippen molar-refractivity contribution in [1.82, 2.24) is 9.97 Å². The molecule has 0 bridgehead atoms. The predicted octanol–water partition coefficient (Wildman–Crippen LogP) is 1.38. The Kier molecular flexibility index (Phi) is 3.74. The van der Waals surface area contributed by atoms with Gasteiger partial charge in [-0.25, -0.2) is 23.1 Å². The quantitative estimate of drug-likeness (QED) is 0.652. The third-order valence-corrected chi connectivity index (χ3v) is 3.89. The molecule has 0 aliphatic heterocycles. The number of nitrogens with zero attached hydrogens (tertiary/aromatic N) is 3. The van der Waals surface area contributed by atoms with Crippen LogP contribution in [0.5, 0.6) is 0 Å². The molecule has 0 aliphatic rings. The molecule has 3 N–H and O–H groups in total.